The van der Waals surface area contributed by atoms with Crippen molar-refractivity contribution in [3.63, 3.8) is 0 Å². The lowest BCUT2D eigenvalue weighted by Crippen LogP contribution is -2.17. The summed E-state index contributed by atoms with van der Waals surface area (Å²) in [5.41, 5.74) is -27.6. The molecular weight excluding hydrogens is 758 g/mol. The van der Waals surface area contributed by atoms with Crippen LogP contribution in [0.1, 0.15) is 33.4 Å². The first-order valence-corrected chi connectivity index (χ1v) is 12.5. The maximum atomic E-state index is 15.0. The summed E-state index contributed by atoms with van der Waals surface area (Å²) in [7, 11) is 0. The van der Waals surface area contributed by atoms with Crippen molar-refractivity contribution in [1.82, 2.24) is 0 Å². The van der Waals surface area contributed by atoms with E-state index in [0.717, 1.165) is 6.07 Å². The minimum absolute atomic E-state index is 0.663. The molecule has 3 aromatic carbocycles. The summed E-state index contributed by atoms with van der Waals surface area (Å²) in [4.78, 5) is 0. The van der Waals surface area contributed by atoms with Crippen LogP contribution >= 0.6 is 0 Å². The van der Waals surface area contributed by atoms with Gasteiger partial charge in [-0.3, -0.25) is 0 Å². The molecule has 0 bridgehead atoms. The Kier molecular flexibility index (Phi) is 9.39. The number of benzene rings is 3. The Bertz CT molecular complexity index is 2230. The topological polar surface area (TPSA) is 95.2 Å². The number of alkyl halides is 6. The van der Waals surface area contributed by atoms with Crippen LogP contribution in [-0.2, 0) is 12.4 Å². The standard InChI is InChI=1S/C30F18N4/c31-17-8(4-52)18(32)20(34)12(19(17)33)5(1-49)9-10(6(2-50)13-21(35)25(39)15(29(43,44)45)26(40)22(13)36)11(9)7(3-51)14-23(37)27(41)16(30(46,47)48)28(42)24(14)38/b9-5-,10-6?,11-7-. The fourth-order valence-corrected chi connectivity index (χ4v) is 4.80. The van der Waals surface area contributed by atoms with E-state index in [-0.39, 0.29) is 0 Å². The summed E-state index contributed by atoms with van der Waals surface area (Å²) in [6.45, 7) is 0. The van der Waals surface area contributed by atoms with Gasteiger partial charge < -0.3 is 0 Å². The zero-order valence-corrected chi connectivity index (χ0v) is 23.6. The van der Waals surface area contributed by atoms with Crippen LogP contribution < -0.4 is 0 Å². The lowest BCUT2D eigenvalue weighted by molar-refractivity contribution is -0.144. The van der Waals surface area contributed by atoms with Gasteiger partial charge in [-0.15, -0.1) is 0 Å². The highest BCUT2D eigenvalue weighted by Gasteiger charge is 2.49. The highest BCUT2D eigenvalue weighted by Crippen LogP contribution is 2.58. The normalized spacial score (nSPS) is 15.7. The van der Waals surface area contributed by atoms with Crippen molar-refractivity contribution in [2.24, 2.45) is 0 Å². The highest BCUT2D eigenvalue weighted by atomic mass is 19.4. The number of nitriles is 4. The van der Waals surface area contributed by atoms with Crippen LogP contribution in [-0.4, -0.2) is 0 Å². The molecule has 0 atom stereocenters. The molecule has 4 rings (SSSR count). The second-order valence-corrected chi connectivity index (χ2v) is 9.71. The van der Waals surface area contributed by atoms with Gasteiger partial charge in [0.05, 0.1) is 33.4 Å². The smallest absolute Gasteiger partial charge is 0.203 e. The Morgan fingerprint density at radius 2 is 0.558 bits per heavy atom. The van der Waals surface area contributed by atoms with Crippen molar-refractivity contribution in [3.05, 3.63) is 120 Å². The first-order valence-electron chi connectivity index (χ1n) is 12.5. The van der Waals surface area contributed by atoms with Crippen LogP contribution in [0.2, 0.25) is 0 Å². The average Bonchev–Trinajstić information content (AvgIpc) is 3.77. The molecule has 1 aliphatic carbocycles. The third-order valence-corrected chi connectivity index (χ3v) is 6.99. The van der Waals surface area contributed by atoms with E-state index < -0.39 is 149 Å². The van der Waals surface area contributed by atoms with Crippen molar-refractivity contribution in [1.29, 1.82) is 21.0 Å². The summed E-state index contributed by atoms with van der Waals surface area (Å²) >= 11 is 0. The molecule has 52 heavy (non-hydrogen) atoms. The van der Waals surface area contributed by atoms with Gasteiger partial charge in [0.2, 0.25) is 0 Å². The van der Waals surface area contributed by atoms with E-state index in [4.69, 9.17) is 5.26 Å². The van der Waals surface area contributed by atoms with E-state index >= 15 is 26.3 Å². The minimum atomic E-state index is -6.21. The molecule has 0 unspecified atom stereocenters. The first-order chi connectivity index (χ1) is 24.0. The van der Waals surface area contributed by atoms with Gasteiger partial charge in [-0.2, -0.15) is 47.4 Å². The van der Waals surface area contributed by atoms with Crippen molar-refractivity contribution in [3.8, 4) is 24.3 Å². The summed E-state index contributed by atoms with van der Waals surface area (Å²) < 4.78 is 256. The number of nitrogens with zero attached hydrogens (tertiary/aromatic N) is 4. The van der Waals surface area contributed by atoms with E-state index in [1.54, 1.807) is 0 Å². The van der Waals surface area contributed by atoms with Crippen LogP contribution in [0.15, 0.2) is 16.7 Å². The maximum absolute atomic E-state index is 15.0. The van der Waals surface area contributed by atoms with Crippen molar-refractivity contribution < 1.29 is 79.0 Å². The van der Waals surface area contributed by atoms with Crippen molar-refractivity contribution in [2.45, 2.75) is 12.4 Å². The molecular formula is C30F18N4. The minimum Gasteiger partial charge on any atom is -0.203 e. The molecule has 0 radical (unpaired) electrons. The van der Waals surface area contributed by atoms with E-state index in [1.807, 2.05) is 0 Å². The lowest BCUT2D eigenvalue weighted by atomic mass is 9.98. The fourth-order valence-electron chi connectivity index (χ4n) is 4.80. The second-order valence-electron chi connectivity index (χ2n) is 9.71. The molecule has 0 heterocycles. The SMILES string of the molecule is N#CC(=C1C(=C(\C#N)c2c(F)c(F)c(C#N)c(F)c2F)/C1=C(\C#N)c1c(F)c(F)c(C(F)(F)F)c(F)c1F)c1c(F)c(F)c(C(F)(F)F)c(F)c1F. The number of rotatable bonds is 3. The number of halogens is 18. The molecule has 0 aliphatic heterocycles. The van der Waals surface area contributed by atoms with Gasteiger partial charge in [-0.25, -0.2) is 52.7 Å². The molecule has 22 heteroatoms. The Hall–Kier alpha value is -6.42. The van der Waals surface area contributed by atoms with Crippen LogP contribution in [0.3, 0.4) is 0 Å². The molecule has 0 N–H and O–H groups in total. The maximum Gasteiger partial charge on any atom is 0.422 e. The number of allylic oxidation sites excluding steroid dienone is 6. The van der Waals surface area contributed by atoms with Crippen LogP contribution in [0.5, 0.6) is 0 Å². The zero-order chi connectivity index (χ0) is 39.7. The van der Waals surface area contributed by atoms with E-state index in [2.05, 4.69) is 0 Å². The second kappa shape index (κ2) is 12.7. The van der Waals surface area contributed by atoms with Crippen LogP contribution in [0, 0.1) is 115 Å². The van der Waals surface area contributed by atoms with Gasteiger partial charge >= 0.3 is 12.4 Å². The van der Waals surface area contributed by atoms with Gasteiger partial charge in [0.25, 0.3) is 0 Å². The molecule has 1 fully saturated rings. The van der Waals surface area contributed by atoms with Gasteiger partial charge in [0.15, 0.2) is 69.8 Å². The largest absolute Gasteiger partial charge is 0.422 e. The van der Waals surface area contributed by atoms with Gasteiger partial charge in [0.1, 0.15) is 41.0 Å². The first kappa shape index (κ1) is 38.4. The average molecular weight is 758 g/mol. The molecule has 4 nitrogen and oxygen atoms in total. The van der Waals surface area contributed by atoms with Gasteiger partial charge in [-0.1, -0.05) is 0 Å². The number of hydrogen-bond donors (Lipinski definition) is 0. The molecule has 3 aromatic rings. The molecule has 266 valence electrons. The quantitative estimate of drug-likeness (QED) is 0.151. The summed E-state index contributed by atoms with van der Waals surface area (Å²) in [5, 5.41) is 37.9. The highest BCUT2D eigenvalue weighted by molar-refractivity contribution is 6.12. The number of hydrogen-bond acceptors (Lipinski definition) is 4. The molecule has 0 spiro atoms. The Balaban J connectivity index is 2.38. The van der Waals surface area contributed by atoms with Crippen molar-refractivity contribution >= 4 is 16.7 Å². The van der Waals surface area contributed by atoms with Gasteiger partial charge in [-0.05, 0) is 0 Å². The van der Waals surface area contributed by atoms with E-state index in [0.29, 0.717) is 18.2 Å². The molecule has 0 aromatic heterocycles. The van der Waals surface area contributed by atoms with E-state index in [1.165, 1.54) is 0 Å². The predicted octanol–water partition coefficient (Wildman–Crippen LogP) is 9.51. The Labute approximate surface area is 273 Å². The fraction of sp³-hybridized carbons (Fsp3) is 0.0667. The summed E-state index contributed by atoms with van der Waals surface area (Å²) in [5.74, 6) is -36.4. The lowest BCUT2D eigenvalue weighted by Gasteiger charge is -2.14. The zero-order valence-electron chi connectivity index (χ0n) is 23.6. The molecule has 0 saturated heterocycles. The van der Waals surface area contributed by atoms with Crippen LogP contribution in [0.25, 0.3) is 16.7 Å². The Morgan fingerprint density at radius 3 is 0.731 bits per heavy atom. The predicted molar refractivity (Wildman–Crippen MR) is 131 cm³/mol. The summed E-state index contributed by atoms with van der Waals surface area (Å²) in [6, 6.07) is 2.79. The monoisotopic (exact) mass is 758 g/mol. The Morgan fingerprint density at radius 1 is 0.346 bits per heavy atom. The molecule has 1 saturated carbocycles. The molecule has 1 aliphatic rings. The van der Waals surface area contributed by atoms with Gasteiger partial charge in [0, 0.05) is 16.7 Å². The third-order valence-electron chi connectivity index (χ3n) is 6.99. The summed E-state index contributed by atoms with van der Waals surface area (Å²) in [6.07, 6.45) is -12.4. The third kappa shape index (κ3) is 5.53. The van der Waals surface area contributed by atoms with Crippen molar-refractivity contribution in [2.75, 3.05) is 0 Å². The molecule has 0 amide bonds. The van der Waals surface area contributed by atoms with E-state index in [9.17, 15) is 68.5 Å². The van der Waals surface area contributed by atoms with Crippen LogP contribution in [0.4, 0.5) is 79.0 Å².